The molecule has 0 aliphatic rings. The number of carboxylic acid groups (broad SMARTS) is 1. The van der Waals surface area contributed by atoms with E-state index in [9.17, 15) is 9.90 Å². The fourth-order valence-electron chi connectivity index (χ4n) is 4.10. The van der Waals surface area contributed by atoms with E-state index < -0.39 is 17.7 Å². The van der Waals surface area contributed by atoms with E-state index in [1.54, 1.807) is 19.9 Å². The molecule has 0 aliphatic carbocycles. The molecule has 0 saturated heterocycles. The Kier molecular flexibility index (Phi) is 9.49. The van der Waals surface area contributed by atoms with Gasteiger partial charge in [0.1, 0.15) is 0 Å². The highest BCUT2D eigenvalue weighted by Gasteiger charge is 2.49. The molecule has 0 spiro atoms. The number of ether oxygens (including phenoxy) is 2. The SMILES string of the molecule is COC(c1ccccc1)(c1ccccc1)[C@H](Oc1nc(C)cc(C)n1)C(=O)O.C[C@H](N)c1ccccc1. The first kappa shape index (κ1) is 27.5. The van der Waals surface area contributed by atoms with Crippen molar-refractivity contribution >= 4 is 5.97 Å². The van der Waals surface area contributed by atoms with Gasteiger partial charge in [0.25, 0.3) is 0 Å². The largest absolute Gasteiger partial charge is 0.478 e. The second-order valence-corrected chi connectivity index (χ2v) is 8.64. The van der Waals surface area contributed by atoms with Crippen LogP contribution in [0.15, 0.2) is 97.1 Å². The second kappa shape index (κ2) is 12.8. The Balaban J connectivity index is 0.000000356. The van der Waals surface area contributed by atoms with Crippen molar-refractivity contribution < 1.29 is 19.4 Å². The highest BCUT2D eigenvalue weighted by molar-refractivity contribution is 5.76. The molecule has 1 heterocycles. The molecule has 192 valence electrons. The predicted molar refractivity (Wildman–Crippen MR) is 143 cm³/mol. The van der Waals surface area contributed by atoms with Crippen molar-refractivity contribution in [2.75, 3.05) is 7.11 Å². The fourth-order valence-corrected chi connectivity index (χ4v) is 4.10. The van der Waals surface area contributed by atoms with Crippen LogP contribution in [0.4, 0.5) is 0 Å². The number of carboxylic acids is 1. The molecule has 0 amide bonds. The summed E-state index contributed by atoms with van der Waals surface area (Å²) in [5.41, 5.74) is 8.10. The van der Waals surface area contributed by atoms with Crippen molar-refractivity contribution in [1.82, 2.24) is 9.97 Å². The molecule has 0 saturated carbocycles. The van der Waals surface area contributed by atoms with Crippen molar-refractivity contribution in [3.63, 3.8) is 0 Å². The molecule has 37 heavy (non-hydrogen) atoms. The van der Waals surface area contributed by atoms with Gasteiger partial charge in [-0.1, -0.05) is 91.0 Å². The summed E-state index contributed by atoms with van der Waals surface area (Å²) < 4.78 is 11.8. The van der Waals surface area contributed by atoms with Gasteiger partial charge in [-0.3, -0.25) is 0 Å². The first-order valence-electron chi connectivity index (χ1n) is 12.0. The summed E-state index contributed by atoms with van der Waals surface area (Å²) in [5.74, 6) is -1.18. The number of rotatable bonds is 8. The minimum Gasteiger partial charge on any atom is -0.478 e. The Labute approximate surface area is 217 Å². The lowest BCUT2D eigenvalue weighted by Crippen LogP contribution is -2.50. The maximum Gasteiger partial charge on any atom is 0.348 e. The summed E-state index contributed by atoms with van der Waals surface area (Å²) in [4.78, 5) is 20.8. The predicted octanol–water partition coefficient (Wildman–Crippen LogP) is 5.22. The van der Waals surface area contributed by atoms with Gasteiger partial charge in [0.05, 0.1) is 0 Å². The number of hydrogen-bond acceptors (Lipinski definition) is 6. The summed E-state index contributed by atoms with van der Waals surface area (Å²) in [6.07, 6.45) is -1.41. The average Bonchev–Trinajstić information content (AvgIpc) is 2.90. The highest BCUT2D eigenvalue weighted by atomic mass is 16.6. The summed E-state index contributed by atoms with van der Waals surface area (Å²) in [5, 5.41) is 10.1. The minimum absolute atomic E-state index is 0.00168. The Bertz CT molecular complexity index is 1210. The van der Waals surface area contributed by atoms with E-state index in [0.717, 1.165) is 0 Å². The summed E-state index contributed by atoms with van der Waals surface area (Å²) in [6.45, 7) is 5.58. The zero-order valence-corrected chi connectivity index (χ0v) is 21.5. The van der Waals surface area contributed by atoms with Crippen molar-refractivity contribution in [2.45, 2.75) is 38.5 Å². The molecule has 0 fully saturated rings. The van der Waals surface area contributed by atoms with Crippen molar-refractivity contribution in [2.24, 2.45) is 5.73 Å². The number of benzene rings is 3. The maximum absolute atomic E-state index is 12.4. The number of carbonyl (C=O) groups is 1. The Morgan fingerprint density at radius 2 is 1.27 bits per heavy atom. The number of aromatic nitrogens is 2. The molecule has 3 N–H and O–H groups in total. The normalized spacial score (nSPS) is 12.6. The number of hydrogen-bond donors (Lipinski definition) is 2. The molecule has 2 atom stereocenters. The van der Waals surface area contributed by atoms with Crippen LogP contribution < -0.4 is 10.5 Å². The smallest absolute Gasteiger partial charge is 0.348 e. The number of nitrogens with two attached hydrogens (primary N) is 1. The third kappa shape index (κ3) is 6.78. The number of aliphatic carboxylic acids is 1. The van der Waals surface area contributed by atoms with E-state index in [1.165, 1.54) is 12.7 Å². The zero-order valence-electron chi connectivity index (χ0n) is 21.5. The van der Waals surface area contributed by atoms with Crippen LogP contribution in [0.25, 0.3) is 0 Å². The van der Waals surface area contributed by atoms with E-state index in [-0.39, 0.29) is 12.1 Å². The van der Waals surface area contributed by atoms with E-state index in [2.05, 4.69) is 9.97 Å². The molecule has 7 heteroatoms. The lowest BCUT2D eigenvalue weighted by Gasteiger charge is -2.37. The summed E-state index contributed by atoms with van der Waals surface area (Å²) >= 11 is 0. The van der Waals surface area contributed by atoms with Crippen LogP contribution in [0.2, 0.25) is 0 Å². The monoisotopic (exact) mass is 499 g/mol. The van der Waals surface area contributed by atoms with Crippen molar-refractivity contribution in [3.05, 3.63) is 125 Å². The second-order valence-electron chi connectivity index (χ2n) is 8.64. The third-order valence-electron chi connectivity index (χ3n) is 5.83. The van der Waals surface area contributed by atoms with E-state index in [4.69, 9.17) is 15.2 Å². The summed E-state index contributed by atoms with van der Waals surface area (Å²) in [6, 6.07) is 30.3. The topological polar surface area (TPSA) is 108 Å². The number of nitrogens with zero attached hydrogens (tertiary/aromatic N) is 2. The Hall–Kier alpha value is -4.07. The van der Waals surface area contributed by atoms with Gasteiger partial charge in [0.2, 0.25) is 6.10 Å². The van der Waals surface area contributed by atoms with Crippen LogP contribution in [0.1, 0.15) is 41.0 Å². The molecule has 0 radical (unpaired) electrons. The molecular weight excluding hydrogens is 466 g/mol. The lowest BCUT2D eigenvalue weighted by atomic mass is 9.81. The van der Waals surface area contributed by atoms with Crippen LogP contribution in [0, 0.1) is 13.8 Å². The van der Waals surface area contributed by atoms with E-state index in [1.807, 2.05) is 97.9 Å². The highest BCUT2D eigenvalue weighted by Crippen LogP contribution is 2.38. The third-order valence-corrected chi connectivity index (χ3v) is 5.83. The van der Waals surface area contributed by atoms with Crippen LogP contribution in [-0.4, -0.2) is 34.3 Å². The molecule has 0 aliphatic heterocycles. The maximum atomic E-state index is 12.4. The quantitative estimate of drug-likeness (QED) is 0.342. The molecular formula is C30H33N3O4. The average molecular weight is 500 g/mol. The first-order chi connectivity index (χ1) is 17.8. The van der Waals surface area contributed by atoms with Gasteiger partial charge in [0.15, 0.2) is 5.60 Å². The van der Waals surface area contributed by atoms with Crippen molar-refractivity contribution in [3.8, 4) is 6.01 Å². The van der Waals surface area contributed by atoms with Gasteiger partial charge in [-0.2, -0.15) is 0 Å². The van der Waals surface area contributed by atoms with Gasteiger partial charge in [0, 0.05) is 24.5 Å². The molecule has 3 aromatic carbocycles. The van der Waals surface area contributed by atoms with Gasteiger partial charge in [-0.25, -0.2) is 14.8 Å². The fraction of sp³-hybridized carbons (Fsp3) is 0.233. The first-order valence-corrected chi connectivity index (χ1v) is 12.0. The van der Waals surface area contributed by atoms with Crippen LogP contribution >= 0.6 is 0 Å². The van der Waals surface area contributed by atoms with E-state index >= 15 is 0 Å². The molecule has 0 unspecified atom stereocenters. The summed E-state index contributed by atoms with van der Waals surface area (Å²) in [7, 11) is 1.47. The Morgan fingerprint density at radius 1 is 0.838 bits per heavy atom. The van der Waals surface area contributed by atoms with Gasteiger partial charge in [-0.05, 0) is 43.5 Å². The van der Waals surface area contributed by atoms with Crippen molar-refractivity contribution in [1.29, 1.82) is 0 Å². The molecule has 1 aromatic heterocycles. The van der Waals surface area contributed by atoms with E-state index in [0.29, 0.717) is 22.5 Å². The number of aryl methyl sites for hydroxylation is 2. The number of methoxy groups -OCH3 is 1. The van der Waals surface area contributed by atoms with Crippen LogP contribution in [0.5, 0.6) is 6.01 Å². The van der Waals surface area contributed by atoms with Gasteiger partial charge >= 0.3 is 12.0 Å². The lowest BCUT2D eigenvalue weighted by molar-refractivity contribution is -0.160. The molecule has 7 nitrogen and oxygen atoms in total. The van der Waals surface area contributed by atoms with Gasteiger partial charge < -0.3 is 20.3 Å². The molecule has 4 aromatic rings. The standard InChI is InChI=1S/C22H22N2O4.C8H11N/c1-15-14-16(2)24-21(23-15)28-19(20(25)26)22(27-3,17-10-6-4-7-11-17)18-12-8-5-9-13-18;1-7(9)8-5-3-2-4-6-8/h4-14,19H,1-3H3,(H,25,26);2-7H,9H2,1H3/t19-;7-/m10/s1. The minimum atomic E-state index is -1.41. The Morgan fingerprint density at radius 3 is 1.62 bits per heavy atom. The molecule has 4 rings (SSSR count). The van der Waals surface area contributed by atoms with Gasteiger partial charge in [-0.15, -0.1) is 0 Å². The van der Waals surface area contributed by atoms with Crippen LogP contribution in [-0.2, 0) is 15.1 Å². The van der Waals surface area contributed by atoms with Crippen LogP contribution in [0.3, 0.4) is 0 Å². The zero-order chi connectivity index (χ0) is 26.8. The molecule has 0 bridgehead atoms.